The second-order valence-electron chi connectivity index (χ2n) is 3.82. The first-order valence-corrected chi connectivity index (χ1v) is 5.39. The van der Waals surface area contributed by atoms with Crippen molar-refractivity contribution in [1.82, 2.24) is 5.32 Å². The molecular formula is C12H10F3N3O2. The minimum absolute atomic E-state index is 0.00410. The Balaban J connectivity index is 2.87. The highest BCUT2D eigenvalue weighted by atomic mass is 19.4. The van der Waals surface area contributed by atoms with Crippen LogP contribution < -0.4 is 10.6 Å². The summed E-state index contributed by atoms with van der Waals surface area (Å²) in [6.45, 7) is 0.919. The van der Waals surface area contributed by atoms with Gasteiger partial charge in [-0.2, -0.15) is 18.4 Å². The van der Waals surface area contributed by atoms with Crippen LogP contribution in [0.1, 0.15) is 11.1 Å². The zero-order chi connectivity index (χ0) is 15.3. The van der Waals surface area contributed by atoms with Gasteiger partial charge in [-0.1, -0.05) is 6.07 Å². The monoisotopic (exact) mass is 285 g/mol. The maximum absolute atomic E-state index is 12.7. The number of carbonyl (C=O) groups is 2. The number of alkyl halides is 3. The topological polar surface area (TPSA) is 82.0 Å². The summed E-state index contributed by atoms with van der Waals surface area (Å²) in [6.07, 6.45) is -4.55. The third-order valence-electron chi connectivity index (χ3n) is 2.34. The number of nitrogens with one attached hydrogen (secondary N) is 2. The lowest BCUT2D eigenvalue weighted by Gasteiger charge is -2.12. The summed E-state index contributed by atoms with van der Waals surface area (Å²) in [5.41, 5.74) is -1.04. The van der Waals surface area contributed by atoms with Gasteiger partial charge >= 0.3 is 18.0 Å². The summed E-state index contributed by atoms with van der Waals surface area (Å²) in [7, 11) is 0. The predicted octanol–water partition coefficient (Wildman–Crippen LogP) is 1.59. The van der Waals surface area contributed by atoms with Gasteiger partial charge in [-0.15, -0.1) is 0 Å². The first-order valence-electron chi connectivity index (χ1n) is 5.39. The highest BCUT2D eigenvalue weighted by Crippen LogP contribution is 2.33. The number of benzene rings is 1. The van der Waals surface area contributed by atoms with Crippen LogP contribution in [0.4, 0.5) is 18.9 Å². The quantitative estimate of drug-likeness (QED) is 0.639. The van der Waals surface area contributed by atoms with Crippen LogP contribution in [0, 0.1) is 18.3 Å². The van der Waals surface area contributed by atoms with E-state index >= 15 is 0 Å². The van der Waals surface area contributed by atoms with Crippen molar-refractivity contribution in [3.05, 3.63) is 29.3 Å². The van der Waals surface area contributed by atoms with Crippen LogP contribution in [0.5, 0.6) is 0 Å². The predicted molar refractivity (Wildman–Crippen MR) is 63.4 cm³/mol. The molecule has 1 aromatic rings. The maximum Gasteiger partial charge on any atom is 0.416 e. The van der Waals surface area contributed by atoms with Crippen LogP contribution >= 0.6 is 0 Å². The molecule has 0 atom stereocenters. The lowest BCUT2D eigenvalue weighted by molar-refractivity contribution is -0.138. The van der Waals surface area contributed by atoms with Gasteiger partial charge in [0.15, 0.2) is 0 Å². The van der Waals surface area contributed by atoms with Crippen LogP contribution in [0.2, 0.25) is 0 Å². The third-order valence-corrected chi connectivity index (χ3v) is 2.34. The molecule has 0 spiro atoms. The molecule has 0 fully saturated rings. The fraction of sp³-hybridized carbons (Fsp3) is 0.250. The summed E-state index contributed by atoms with van der Waals surface area (Å²) < 4.78 is 38.0. The lowest BCUT2D eigenvalue weighted by Crippen LogP contribution is -2.35. The normalized spacial score (nSPS) is 10.6. The number of halogens is 3. The van der Waals surface area contributed by atoms with Crippen molar-refractivity contribution in [2.75, 3.05) is 11.9 Å². The number of hydrogen-bond acceptors (Lipinski definition) is 3. The molecular weight excluding hydrogens is 275 g/mol. The number of carbonyl (C=O) groups excluding carboxylic acids is 2. The minimum Gasteiger partial charge on any atom is -0.335 e. The molecule has 0 unspecified atom stereocenters. The van der Waals surface area contributed by atoms with E-state index in [9.17, 15) is 22.8 Å². The summed E-state index contributed by atoms with van der Waals surface area (Å²) in [6, 6.07) is 4.77. The van der Waals surface area contributed by atoms with Crippen LogP contribution in [0.25, 0.3) is 0 Å². The fourth-order valence-electron chi connectivity index (χ4n) is 1.39. The Bertz CT molecular complexity index is 576. The van der Waals surface area contributed by atoms with Gasteiger partial charge in [0, 0.05) is 5.69 Å². The zero-order valence-electron chi connectivity index (χ0n) is 10.3. The number of nitriles is 1. The largest absolute Gasteiger partial charge is 0.416 e. The standard InChI is InChI=1S/C12H10F3N3O2/c1-7-2-3-8(6-9(7)12(13,14)15)18-11(20)10(19)17-5-4-16/h2-3,6H,5H2,1H3,(H,17,19)(H,18,20). The smallest absolute Gasteiger partial charge is 0.335 e. The molecule has 8 heteroatoms. The molecule has 0 heterocycles. The molecule has 5 nitrogen and oxygen atoms in total. The molecule has 2 amide bonds. The molecule has 0 aliphatic carbocycles. The molecule has 20 heavy (non-hydrogen) atoms. The summed E-state index contributed by atoms with van der Waals surface area (Å²) >= 11 is 0. The molecule has 0 aromatic heterocycles. The molecule has 2 N–H and O–H groups in total. The van der Waals surface area contributed by atoms with Crippen LogP contribution in [-0.4, -0.2) is 18.4 Å². The van der Waals surface area contributed by atoms with E-state index in [4.69, 9.17) is 5.26 Å². The van der Waals surface area contributed by atoms with Gasteiger partial charge in [-0.3, -0.25) is 9.59 Å². The van der Waals surface area contributed by atoms with E-state index in [0.717, 1.165) is 6.07 Å². The summed E-state index contributed by atoms with van der Waals surface area (Å²) in [4.78, 5) is 22.5. The van der Waals surface area contributed by atoms with Crippen molar-refractivity contribution in [2.45, 2.75) is 13.1 Å². The van der Waals surface area contributed by atoms with Crippen molar-refractivity contribution >= 4 is 17.5 Å². The minimum atomic E-state index is -4.55. The number of rotatable bonds is 2. The summed E-state index contributed by atoms with van der Waals surface area (Å²) in [5, 5.41) is 12.2. The van der Waals surface area contributed by atoms with Crippen LogP contribution in [-0.2, 0) is 15.8 Å². The number of anilines is 1. The molecule has 0 saturated carbocycles. The van der Waals surface area contributed by atoms with Gasteiger partial charge in [-0.05, 0) is 24.6 Å². The number of nitrogens with zero attached hydrogens (tertiary/aromatic N) is 1. The van der Waals surface area contributed by atoms with E-state index in [0.29, 0.717) is 0 Å². The Morgan fingerprint density at radius 3 is 2.50 bits per heavy atom. The Hall–Kier alpha value is -2.56. The van der Waals surface area contributed by atoms with Crippen molar-refractivity contribution in [3.8, 4) is 6.07 Å². The highest BCUT2D eigenvalue weighted by molar-refractivity contribution is 6.39. The Morgan fingerprint density at radius 1 is 1.30 bits per heavy atom. The first-order chi connectivity index (χ1) is 9.25. The van der Waals surface area contributed by atoms with E-state index in [1.165, 1.54) is 19.1 Å². The van der Waals surface area contributed by atoms with Crippen LogP contribution in [0.15, 0.2) is 18.2 Å². The van der Waals surface area contributed by atoms with E-state index in [1.54, 1.807) is 6.07 Å². The van der Waals surface area contributed by atoms with Crippen molar-refractivity contribution < 1.29 is 22.8 Å². The molecule has 1 aromatic carbocycles. The molecule has 0 radical (unpaired) electrons. The molecule has 0 aliphatic rings. The Labute approximate surface area is 112 Å². The fourth-order valence-corrected chi connectivity index (χ4v) is 1.39. The highest BCUT2D eigenvalue weighted by Gasteiger charge is 2.32. The van der Waals surface area contributed by atoms with Gasteiger partial charge in [-0.25, -0.2) is 0 Å². The van der Waals surface area contributed by atoms with Gasteiger partial charge in [0.1, 0.15) is 6.54 Å². The average Bonchev–Trinajstić information content (AvgIpc) is 2.36. The molecule has 106 valence electrons. The summed E-state index contributed by atoms with van der Waals surface area (Å²) in [5.74, 6) is -2.24. The number of hydrogen-bond donors (Lipinski definition) is 2. The number of amides is 2. The van der Waals surface area contributed by atoms with Gasteiger partial charge in [0.25, 0.3) is 0 Å². The molecule has 0 bridgehead atoms. The Morgan fingerprint density at radius 2 is 1.95 bits per heavy atom. The van der Waals surface area contributed by atoms with E-state index in [2.05, 4.69) is 0 Å². The van der Waals surface area contributed by atoms with Crippen molar-refractivity contribution in [1.29, 1.82) is 5.26 Å². The van der Waals surface area contributed by atoms with Crippen molar-refractivity contribution in [2.24, 2.45) is 0 Å². The van der Waals surface area contributed by atoms with Crippen molar-refractivity contribution in [3.63, 3.8) is 0 Å². The lowest BCUT2D eigenvalue weighted by atomic mass is 10.1. The molecule has 1 rings (SSSR count). The first kappa shape index (κ1) is 15.5. The van der Waals surface area contributed by atoms with Gasteiger partial charge in [0.2, 0.25) is 0 Å². The Kier molecular flexibility index (Phi) is 4.69. The SMILES string of the molecule is Cc1ccc(NC(=O)C(=O)NCC#N)cc1C(F)(F)F. The third kappa shape index (κ3) is 3.98. The molecule has 0 saturated heterocycles. The van der Waals surface area contributed by atoms with E-state index in [-0.39, 0.29) is 17.8 Å². The van der Waals surface area contributed by atoms with E-state index in [1.807, 2.05) is 10.6 Å². The number of aryl methyl sites for hydroxylation is 1. The zero-order valence-corrected chi connectivity index (χ0v) is 10.3. The van der Waals surface area contributed by atoms with Gasteiger partial charge < -0.3 is 10.6 Å². The average molecular weight is 285 g/mol. The van der Waals surface area contributed by atoms with E-state index < -0.39 is 23.6 Å². The van der Waals surface area contributed by atoms with Gasteiger partial charge in [0.05, 0.1) is 11.6 Å². The second-order valence-corrected chi connectivity index (χ2v) is 3.82. The second kappa shape index (κ2) is 6.06. The molecule has 0 aliphatic heterocycles. The van der Waals surface area contributed by atoms with Crippen LogP contribution in [0.3, 0.4) is 0 Å². The maximum atomic E-state index is 12.7.